The van der Waals surface area contributed by atoms with Gasteiger partial charge in [0.1, 0.15) is 11.7 Å². The molecule has 1 aromatic heterocycles. The molecule has 4 rings (SSSR count). The molecule has 1 unspecified atom stereocenters. The average Bonchev–Trinajstić information content (AvgIpc) is 3.01. The molecular weight excluding hydrogens is 428 g/mol. The zero-order valence-corrected chi connectivity index (χ0v) is 19.1. The lowest BCUT2D eigenvalue weighted by atomic mass is 9.95. The van der Waals surface area contributed by atoms with Crippen molar-refractivity contribution in [2.24, 2.45) is 7.05 Å². The zero-order valence-electron chi connectivity index (χ0n) is 18.3. The van der Waals surface area contributed by atoms with E-state index >= 15 is 0 Å². The Morgan fingerprint density at radius 1 is 1.06 bits per heavy atom. The Bertz CT molecular complexity index is 1330. The molecule has 0 fully saturated rings. The molecule has 1 N–H and O–H groups in total. The maximum atomic E-state index is 13.3. The standard InChI is InChI=1S/C23H26N4O4S/c1-4-32(30,31)26-15-18-11-9-8-10-17(18)14-20(26)22(28)24-21-16(2)25(3)27(23(21)29)19-12-6-5-7-13-19/h5-13,20H,4,14-15H2,1-3H3,(H,24,28). The zero-order chi connectivity index (χ0) is 23.0. The lowest BCUT2D eigenvalue weighted by Gasteiger charge is -2.34. The van der Waals surface area contributed by atoms with Crippen LogP contribution in [0.4, 0.5) is 5.69 Å². The van der Waals surface area contributed by atoms with Crippen LogP contribution >= 0.6 is 0 Å². The Kier molecular flexibility index (Phi) is 5.79. The molecule has 9 heteroatoms. The molecule has 1 atom stereocenters. The molecular formula is C23H26N4O4S. The number of fused-ring (bicyclic) bond motifs is 1. The van der Waals surface area contributed by atoms with Gasteiger partial charge in [-0.15, -0.1) is 0 Å². The highest BCUT2D eigenvalue weighted by atomic mass is 32.2. The smallest absolute Gasteiger partial charge is 0.295 e. The minimum Gasteiger partial charge on any atom is -0.319 e. The summed E-state index contributed by atoms with van der Waals surface area (Å²) >= 11 is 0. The van der Waals surface area contributed by atoms with Gasteiger partial charge in [0.25, 0.3) is 5.56 Å². The van der Waals surface area contributed by atoms with E-state index in [0.717, 1.165) is 11.1 Å². The van der Waals surface area contributed by atoms with Crippen molar-refractivity contribution in [3.05, 3.63) is 81.8 Å². The first-order chi connectivity index (χ1) is 15.2. The van der Waals surface area contributed by atoms with Gasteiger partial charge in [-0.25, -0.2) is 13.1 Å². The summed E-state index contributed by atoms with van der Waals surface area (Å²) in [6.07, 6.45) is 0.250. The van der Waals surface area contributed by atoms with Crippen LogP contribution < -0.4 is 10.9 Å². The minimum absolute atomic E-state index is 0.107. The van der Waals surface area contributed by atoms with Crippen LogP contribution in [0.25, 0.3) is 5.69 Å². The van der Waals surface area contributed by atoms with E-state index in [4.69, 9.17) is 0 Å². The fraction of sp³-hybridized carbons (Fsp3) is 0.304. The van der Waals surface area contributed by atoms with Crippen LogP contribution in [0.3, 0.4) is 0 Å². The van der Waals surface area contributed by atoms with Crippen LogP contribution in [0.5, 0.6) is 0 Å². The van der Waals surface area contributed by atoms with Crippen molar-refractivity contribution >= 4 is 21.6 Å². The van der Waals surface area contributed by atoms with Gasteiger partial charge in [0, 0.05) is 13.6 Å². The normalized spacial score (nSPS) is 16.5. The maximum absolute atomic E-state index is 13.3. The summed E-state index contributed by atoms with van der Waals surface area (Å²) in [7, 11) is -1.89. The summed E-state index contributed by atoms with van der Waals surface area (Å²) < 4.78 is 30.0. The number of nitrogens with one attached hydrogen (secondary N) is 1. The predicted molar refractivity (Wildman–Crippen MR) is 123 cm³/mol. The number of hydrogen-bond acceptors (Lipinski definition) is 4. The first-order valence-electron chi connectivity index (χ1n) is 10.5. The molecule has 0 saturated carbocycles. The molecule has 1 aliphatic rings. The molecule has 0 aliphatic carbocycles. The van der Waals surface area contributed by atoms with Gasteiger partial charge < -0.3 is 5.32 Å². The Morgan fingerprint density at radius 3 is 2.34 bits per heavy atom. The summed E-state index contributed by atoms with van der Waals surface area (Å²) in [5.41, 5.74) is 2.84. The molecule has 1 amide bonds. The van der Waals surface area contributed by atoms with E-state index < -0.39 is 22.0 Å². The van der Waals surface area contributed by atoms with Gasteiger partial charge in [-0.05, 0) is 43.5 Å². The highest BCUT2D eigenvalue weighted by Gasteiger charge is 2.38. The van der Waals surface area contributed by atoms with Crippen molar-refractivity contribution in [2.45, 2.75) is 32.9 Å². The first kappa shape index (κ1) is 22.0. The Morgan fingerprint density at radius 2 is 1.69 bits per heavy atom. The van der Waals surface area contributed by atoms with Crippen molar-refractivity contribution in [3.63, 3.8) is 0 Å². The highest BCUT2D eigenvalue weighted by Crippen LogP contribution is 2.27. The van der Waals surface area contributed by atoms with Gasteiger partial charge in [-0.2, -0.15) is 4.31 Å². The molecule has 0 radical (unpaired) electrons. The van der Waals surface area contributed by atoms with E-state index in [2.05, 4.69) is 5.32 Å². The largest absolute Gasteiger partial charge is 0.319 e. The van der Waals surface area contributed by atoms with Gasteiger partial charge >= 0.3 is 0 Å². The van der Waals surface area contributed by atoms with Crippen LogP contribution in [0, 0.1) is 6.92 Å². The summed E-state index contributed by atoms with van der Waals surface area (Å²) in [4.78, 5) is 26.5. The van der Waals surface area contributed by atoms with Crippen molar-refractivity contribution in [2.75, 3.05) is 11.1 Å². The third-order valence-electron chi connectivity index (χ3n) is 6.03. The van der Waals surface area contributed by atoms with Gasteiger partial charge in [-0.3, -0.25) is 14.3 Å². The van der Waals surface area contributed by atoms with E-state index in [9.17, 15) is 18.0 Å². The monoisotopic (exact) mass is 454 g/mol. The number of carbonyl (C=O) groups is 1. The van der Waals surface area contributed by atoms with Crippen LogP contribution in [0.15, 0.2) is 59.4 Å². The number of hydrogen-bond donors (Lipinski definition) is 1. The predicted octanol–water partition coefficient (Wildman–Crippen LogP) is 2.20. The lowest BCUT2D eigenvalue weighted by molar-refractivity contribution is -0.120. The number of anilines is 1. The second-order valence-electron chi connectivity index (χ2n) is 7.86. The summed E-state index contributed by atoms with van der Waals surface area (Å²) in [6, 6.07) is 15.7. The van der Waals surface area contributed by atoms with E-state index in [1.54, 1.807) is 37.7 Å². The summed E-state index contributed by atoms with van der Waals surface area (Å²) in [6.45, 7) is 3.43. The lowest BCUT2D eigenvalue weighted by Crippen LogP contribution is -2.51. The fourth-order valence-corrected chi connectivity index (χ4v) is 5.32. The summed E-state index contributed by atoms with van der Waals surface area (Å²) in [5, 5.41) is 2.74. The van der Waals surface area contributed by atoms with Gasteiger partial charge in [0.2, 0.25) is 15.9 Å². The second-order valence-corrected chi connectivity index (χ2v) is 10.1. The van der Waals surface area contributed by atoms with Gasteiger partial charge in [0.15, 0.2) is 0 Å². The molecule has 8 nitrogen and oxygen atoms in total. The van der Waals surface area contributed by atoms with E-state index in [0.29, 0.717) is 11.4 Å². The van der Waals surface area contributed by atoms with E-state index in [1.165, 1.54) is 8.99 Å². The van der Waals surface area contributed by atoms with Crippen molar-refractivity contribution in [3.8, 4) is 5.69 Å². The minimum atomic E-state index is -3.63. The molecule has 0 spiro atoms. The number of sulfonamides is 1. The van der Waals surface area contributed by atoms with Gasteiger partial charge in [-0.1, -0.05) is 42.5 Å². The third-order valence-corrected chi connectivity index (χ3v) is 7.86. The van der Waals surface area contributed by atoms with Crippen molar-refractivity contribution in [1.82, 2.24) is 13.7 Å². The number of carbonyl (C=O) groups excluding carboxylic acids is 1. The quantitative estimate of drug-likeness (QED) is 0.640. The molecule has 168 valence electrons. The topological polar surface area (TPSA) is 93.4 Å². The number of para-hydroxylation sites is 1. The van der Waals surface area contributed by atoms with Gasteiger partial charge in [0.05, 0.1) is 17.1 Å². The highest BCUT2D eigenvalue weighted by molar-refractivity contribution is 7.89. The van der Waals surface area contributed by atoms with E-state index in [1.807, 2.05) is 42.5 Å². The average molecular weight is 455 g/mol. The first-order valence-corrected chi connectivity index (χ1v) is 12.1. The maximum Gasteiger partial charge on any atom is 0.295 e. The van der Waals surface area contributed by atoms with Crippen LogP contribution in [-0.2, 0) is 34.8 Å². The number of aromatic nitrogens is 2. The number of rotatable bonds is 5. The molecule has 0 saturated heterocycles. The Labute approximate surface area is 187 Å². The van der Waals surface area contributed by atoms with Crippen LogP contribution in [-0.4, -0.2) is 39.8 Å². The summed E-state index contributed by atoms with van der Waals surface area (Å²) in [5.74, 6) is -0.619. The molecule has 0 bridgehead atoms. The van der Waals surface area contributed by atoms with Crippen molar-refractivity contribution in [1.29, 1.82) is 0 Å². The molecule has 32 heavy (non-hydrogen) atoms. The third kappa shape index (κ3) is 3.78. The Hall–Kier alpha value is -3.17. The van der Waals surface area contributed by atoms with Crippen molar-refractivity contribution < 1.29 is 13.2 Å². The molecule has 2 heterocycles. The number of amides is 1. The fourth-order valence-electron chi connectivity index (χ4n) is 4.10. The number of benzene rings is 2. The molecule has 1 aliphatic heterocycles. The number of nitrogens with zero attached hydrogens (tertiary/aromatic N) is 3. The molecule has 3 aromatic rings. The van der Waals surface area contributed by atoms with E-state index in [-0.39, 0.29) is 30.0 Å². The second kappa shape index (κ2) is 8.40. The van der Waals surface area contributed by atoms with Crippen LogP contribution in [0.1, 0.15) is 23.7 Å². The SMILES string of the molecule is CCS(=O)(=O)N1Cc2ccccc2CC1C(=O)Nc1c(C)n(C)n(-c2ccccc2)c1=O. The van der Waals surface area contributed by atoms with Crippen LogP contribution in [0.2, 0.25) is 0 Å². The Balaban J connectivity index is 1.71. The molecule has 2 aromatic carbocycles.